The van der Waals surface area contributed by atoms with E-state index < -0.39 is 23.9 Å². The summed E-state index contributed by atoms with van der Waals surface area (Å²) in [6.07, 6.45) is 0.768. The lowest BCUT2D eigenvalue weighted by molar-refractivity contribution is -0.143. The van der Waals surface area contributed by atoms with Crippen LogP contribution in [0.5, 0.6) is 0 Å². The summed E-state index contributed by atoms with van der Waals surface area (Å²) in [5, 5.41) is 20.8. The van der Waals surface area contributed by atoms with Crippen LogP contribution in [0.1, 0.15) is 23.2 Å². The van der Waals surface area contributed by atoms with E-state index in [9.17, 15) is 14.4 Å². The van der Waals surface area contributed by atoms with Crippen LogP contribution in [0.4, 0.5) is 10.5 Å². The molecular formula is C14H15ClN2O5. The molecule has 8 heteroatoms. The SMILES string of the molecule is O=C(O)c1cc(Cl)ccc1NC(=O)N1CCC(C(=O)O)CC1. The third-order valence-corrected chi connectivity index (χ3v) is 3.82. The van der Waals surface area contributed by atoms with Gasteiger partial charge in [0.2, 0.25) is 0 Å². The van der Waals surface area contributed by atoms with Crippen molar-refractivity contribution in [2.24, 2.45) is 5.92 Å². The number of carboxylic acids is 2. The summed E-state index contributed by atoms with van der Waals surface area (Å²) in [5.74, 6) is -2.48. The molecule has 1 aromatic carbocycles. The van der Waals surface area contributed by atoms with Gasteiger partial charge in [0.05, 0.1) is 17.2 Å². The fourth-order valence-electron chi connectivity index (χ4n) is 2.33. The number of carbonyl (C=O) groups is 3. The molecular weight excluding hydrogens is 312 g/mol. The predicted octanol–water partition coefficient (Wildman–Crippen LogP) is 2.37. The first-order chi connectivity index (χ1) is 10.4. The molecule has 0 spiro atoms. The second-order valence-corrected chi connectivity index (χ2v) is 5.46. The number of aromatic carboxylic acids is 1. The molecule has 22 heavy (non-hydrogen) atoms. The minimum atomic E-state index is -1.19. The number of benzene rings is 1. The Bertz CT molecular complexity index is 611. The highest BCUT2D eigenvalue weighted by atomic mass is 35.5. The van der Waals surface area contributed by atoms with Crippen molar-refractivity contribution in [1.29, 1.82) is 0 Å². The van der Waals surface area contributed by atoms with Gasteiger partial charge in [-0.1, -0.05) is 11.6 Å². The van der Waals surface area contributed by atoms with Gasteiger partial charge in [0.15, 0.2) is 0 Å². The molecule has 118 valence electrons. The number of piperidine rings is 1. The lowest BCUT2D eigenvalue weighted by atomic mass is 9.97. The monoisotopic (exact) mass is 326 g/mol. The number of urea groups is 1. The van der Waals surface area contributed by atoms with Crippen LogP contribution in [-0.4, -0.2) is 46.2 Å². The number of nitrogens with one attached hydrogen (secondary N) is 1. The van der Waals surface area contributed by atoms with Crippen LogP contribution in [0.15, 0.2) is 18.2 Å². The molecule has 1 aliphatic heterocycles. The maximum atomic E-state index is 12.1. The number of halogens is 1. The lowest BCUT2D eigenvalue weighted by Gasteiger charge is -2.30. The average Bonchev–Trinajstić information content (AvgIpc) is 2.48. The Morgan fingerprint density at radius 2 is 1.82 bits per heavy atom. The lowest BCUT2D eigenvalue weighted by Crippen LogP contribution is -2.42. The van der Waals surface area contributed by atoms with Crippen molar-refractivity contribution in [2.75, 3.05) is 18.4 Å². The molecule has 1 fully saturated rings. The third kappa shape index (κ3) is 3.67. The third-order valence-electron chi connectivity index (χ3n) is 3.59. The van der Waals surface area contributed by atoms with Crippen molar-refractivity contribution in [3.05, 3.63) is 28.8 Å². The van der Waals surface area contributed by atoms with Crippen molar-refractivity contribution in [3.8, 4) is 0 Å². The Hall–Kier alpha value is -2.28. The normalized spacial score (nSPS) is 15.4. The summed E-state index contributed by atoms with van der Waals surface area (Å²) in [4.78, 5) is 35.7. The highest BCUT2D eigenvalue weighted by Crippen LogP contribution is 2.22. The molecule has 1 aliphatic rings. The van der Waals surface area contributed by atoms with Crippen LogP contribution in [0.3, 0.4) is 0 Å². The number of amides is 2. The Morgan fingerprint density at radius 3 is 2.36 bits per heavy atom. The maximum Gasteiger partial charge on any atom is 0.337 e. The van der Waals surface area contributed by atoms with Crippen molar-refractivity contribution in [3.63, 3.8) is 0 Å². The van der Waals surface area contributed by atoms with Gasteiger partial charge in [-0.3, -0.25) is 4.79 Å². The molecule has 3 N–H and O–H groups in total. The Balaban J connectivity index is 2.04. The molecule has 0 unspecified atom stereocenters. The minimum absolute atomic E-state index is 0.0960. The Morgan fingerprint density at radius 1 is 1.18 bits per heavy atom. The van der Waals surface area contributed by atoms with E-state index in [0.29, 0.717) is 25.9 Å². The summed E-state index contributed by atoms with van der Waals surface area (Å²) in [6, 6.07) is 3.72. The molecule has 1 heterocycles. The zero-order valence-electron chi connectivity index (χ0n) is 11.6. The standard InChI is InChI=1S/C14H15ClN2O5/c15-9-1-2-11(10(7-9)13(20)21)16-14(22)17-5-3-8(4-6-17)12(18)19/h1-2,7-8H,3-6H2,(H,16,22)(H,18,19)(H,20,21). The zero-order valence-corrected chi connectivity index (χ0v) is 12.3. The van der Waals surface area contributed by atoms with E-state index >= 15 is 0 Å². The van der Waals surface area contributed by atoms with E-state index in [0.717, 1.165) is 0 Å². The topological polar surface area (TPSA) is 107 Å². The number of rotatable bonds is 3. The van der Waals surface area contributed by atoms with E-state index in [4.69, 9.17) is 21.8 Å². The quantitative estimate of drug-likeness (QED) is 0.790. The van der Waals surface area contributed by atoms with E-state index in [1.807, 2.05) is 0 Å². The molecule has 2 rings (SSSR count). The van der Waals surface area contributed by atoms with E-state index in [2.05, 4.69) is 5.32 Å². The van der Waals surface area contributed by atoms with E-state index in [-0.39, 0.29) is 16.3 Å². The van der Waals surface area contributed by atoms with Gasteiger partial charge < -0.3 is 20.4 Å². The summed E-state index contributed by atoms with van der Waals surface area (Å²) in [7, 11) is 0. The second kappa shape index (κ2) is 6.65. The van der Waals surface area contributed by atoms with Crippen LogP contribution >= 0.6 is 11.6 Å². The number of nitrogens with zero attached hydrogens (tertiary/aromatic N) is 1. The molecule has 0 radical (unpaired) electrons. The van der Waals surface area contributed by atoms with Crippen molar-refractivity contribution in [1.82, 2.24) is 4.90 Å². The first kappa shape index (κ1) is 16.1. The first-order valence-corrected chi connectivity index (χ1v) is 7.08. The number of likely N-dealkylation sites (tertiary alicyclic amines) is 1. The van der Waals surface area contributed by atoms with Gasteiger partial charge >= 0.3 is 18.0 Å². The van der Waals surface area contributed by atoms with Crippen molar-refractivity contribution in [2.45, 2.75) is 12.8 Å². The van der Waals surface area contributed by atoms with Crippen LogP contribution in [0, 0.1) is 5.92 Å². The molecule has 0 aliphatic carbocycles. The molecule has 2 amide bonds. The highest BCUT2D eigenvalue weighted by molar-refractivity contribution is 6.31. The summed E-state index contributed by atoms with van der Waals surface area (Å²) < 4.78 is 0. The number of hydrogen-bond acceptors (Lipinski definition) is 3. The van der Waals surface area contributed by atoms with Crippen LogP contribution in [0.2, 0.25) is 5.02 Å². The van der Waals surface area contributed by atoms with Gasteiger partial charge in [-0.2, -0.15) is 0 Å². The van der Waals surface area contributed by atoms with Gasteiger partial charge in [-0.05, 0) is 31.0 Å². The fourth-order valence-corrected chi connectivity index (χ4v) is 2.50. The number of hydrogen-bond donors (Lipinski definition) is 3. The molecule has 0 saturated carbocycles. The number of anilines is 1. The van der Waals surface area contributed by atoms with Crippen LogP contribution < -0.4 is 5.32 Å². The summed E-state index contributed by atoms with van der Waals surface area (Å²) >= 11 is 5.75. The second-order valence-electron chi connectivity index (χ2n) is 5.02. The number of aliphatic carboxylic acids is 1. The molecule has 0 bridgehead atoms. The van der Waals surface area contributed by atoms with Crippen molar-refractivity contribution < 1.29 is 24.6 Å². The fraction of sp³-hybridized carbons (Fsp3) is 0.357. The average molecular weight is 327 g/mol. The van der Waals surface area contributed by atoms with Gasteiger partial charge in [-0.25, -0.2) is 9.59 Å². The highest BCUT2D eigenvalue weighted by Gasteiger charge is 2.27. The predicted molar refractivity (Wildman–Crippen MR) is 79.4 cm³/mol. The first-order valence-electron chi connectivity index (χ1n) is 6.70. The number of carbonyl (C=O) groups excluding carboxylic acids is 1. The zero-order chi connectivity index (χ0) is 16.3. The van der Waals surface area contributed by atoms with Gasteiger partial charge in [0, 0.05) is 18.1 Å². The largest absolute Gasteiger partial charge is 0.481 e. The Labute approximate surface area is 131 Å². The smallest absolute Gasteiger partial charge is 0.337 e. The van der Waals surface area contributed by atoms with Crippen LogP contribution in [-0.2, 0) is 4.79 Å². The van der Waals surface area contributed by atoms with E-state index in [1.165, 1.54) is 23.1 Å². The molecule has 7 nitrogen and oxygen atoms in total. The van der Waals surface area contributed by atoms with Gasteiger partial charge in [0.25, 0.3) is 0 Å². The number of carboxylic acid groups (broad SMARTS) is 2. The minimum Gasteiger partial charge on any atom is -0.481 e. The van der Waals surface area contributed by atoms with E-state index in [1.54, 1.807) is 0 Å². The molecule has 1 aromatic rings. The van der Waals surface area contributed by atoms with Gasteiger partial charge in [0.1, 0.15) is 0 Å². The Kier molecular flexibility index (Phi) is 4.87. The van der Waals surface area contributed by atoms with Gasteiger partial charge in [-0.15, -0.1) is 0 Å². The molecule has 1 saturated heterocycles. The maximum absolute atomic E-state index is 12.1. The summed E-state index contributed by atoms with van der Waals surface area (Å²) in [5.41, 5.74) is 0.0588. The van der Waals surface area contributed by atoms with Crippen LogP contribution in [0.25, 0.3) is 0 Å². The molecule has 0 atom stereocenters. The van der Waals surface area contributed by atoms with Crippen molar-refractivity contribution >= 4 is 35.3 Å². The summed E-state index contributed by atoms with van der Waals surface area (Å²) in [6.45, 7) is 0.636. The molecule has 0 aromatic heterocycles.